The van der Waals surface area contributed by atoms with E-state index in [9.17, 15) is 9.90 Å². The molecule has 1 atom stereocenters. The minimum Gasteiger partial charge on any atom is -0.481 e. The maximum absolute atomic E-state index is 11.4. The largest absolute Gasteiger partial charge is 0.481 e. The van der Waals surface area contributed by atoms with Crippen LogP contribution in [0.2, 0.25) is 0 Å². The van der Waals surface area contributed by atoms with E-state index in [-0.39, 0.29) is 5.92 Å². The highest BCUT2D eigenvalue weighted by atomic mass is 16.4. The first kappa shape index (κ1) is 18.5. The van der Waals surface area contributed by atoms with Crippen LogP contribution in [-0.4, -0.2) is 11.1 Å². The molecule has 0 aromatic rings. The quantitative estimate of drug-likeness (QED) is 0.551. The van der Waals surface area contributed by atoms with Crippen LogP contribution in [0.5, 0.6) is 0 Å². The number of carboxylic acid groups (broad SMARTS) is 1. The number of hydrogen-bond donors (Lipinski definition) is 1. The van der Waals surface area contributed by atoms with E-state index in [0.717, 1.165) is 30.6 Å². The van der Waals surface area contributed by atoms with Crippen molar-refractivity contribution in [1.82, 2.24) is 0 Å². The van der Waals surface area contributed by atoms with Crippen molar-refractivity contribution in [2.24, 2.45) is 29.6 Å². The Kier molecular flexibility index (Phi) is 7.65. The summed E-state index contributed by atoms with van der Waals surface area (Å²) in [4.78, 5) is 11.4. The van der Waals surface area contributed by atoms with Crippen LogP contribution >= 0.6 is 0 Å². The minimum atomic E-state index is -0.621. The lowest BCUT2D eigenvalue weighted by atomic mass is 9.66. The third-order valence-electron chi connectivity index (χ3n) is 6.65. The zero-order valence-electron chi connectivity index (χ0n) is 15.0. The van der Waals surface area contributed by atoms with Crippen LogP contribution < -0.4 is 0 Å². The van der Waals surface area contributed by atoms with E-state index in [2.05, 4.69) is 13.5 Å². The second kappa shape index (κ2) is 9.49. The molecule has 0 aliphatic heterocycles. The monoisotopic (exact) mass is 320 g/mol. The Morgan fingerprint density at radius 3 is 2.13 bits per heavy atom. The van der Waals surface area contributed by atoms with Gasteiger partial charge in [0.25, 0.3) is 0 Å². The van der Waals surface area contributed by atoms with Crippen LogP contribution in [0, 0.1) is 29.6 Å². The van der Waals surface area contributed by atoms with Crippen molar-refractivity contribution in [2.45, 2.75) is 84.0 Å². The van der Waals surface area contributed by atoms with Crippen LogP contribution in [0.3, 0.4) is 0 Å². The van der Waals surface area contributed by atoms with E-state index in [1.54, 1.807) is 6.08 Å². The summed E-state index contributed by atoms with van der Waals surface area (Å²) in [5.41, 5.74) is 0. The van der Waals surface area contributed by atoms with Gasteiger partial charge in [0.2, 0.25) is 0 Å². The fourth-order valence-corrected chi connectivity index (χ4v) is 5.13. The fourth-order valence-electron chi connectivity index (χ4n) is 5.13. The Hall–Kier alpha value is -0.790. The molecule has 0 amide bonds. The molecular formula is C21H36O2. The van der Waals surface area contributed by atoms with Gasteiger partial charge < -0.3 is 5.11 Å². The van der Waals surface area contributed by atoms with Gasteiger partial charge in [-0.1, -0.05) is 45.1 Å². The van der Waals surface area contributed by atoms with Crippen molar-refractivity contribution in [3.8, 4) is 0 Å². The molecule has 0 bridgehead atoms. The highest BCUT2D eigenvalue weighted by molar-refractivity contribution is 5.70. The predicted octanol–water partition coefficient (Wildman–Crippen LogP) is 6.07. The lowest BCUT2D eigenvalue weighted by Gasteiger charge is -2.39. The van der Waals surface area contributed by atoms with Gasteiger partial charge in [0.1, 0.15) is 0 Å². The zero-order chi connectivity index (χ0) is 16.7. The molecule has 2 fully saturated rings. The molecule has 1 unspecified atom stereocenters. The Morgan fingerprint density at radius 1 is 1.09 bits per heavy atom. The number of carboxylic acids is 1. The Balaban J connectivity index is 1.74. The first-order valence-corrected chi connectivity index (χ1v) is 9.99. The highest BCUT2D eigenvalue weighted by Gasteiger charge is 2.34. The summed E-state index contributed by atoms with van der Waals surface area (Å²) in [6.45, 7) is 6.02. The number of carbonyl (C=O) groups is 1. The standard InChI is InChI=1S/C21H36O2/c1-3-5-7-16-8-10-17(11-9-16)18-12-14-19(15-13-18)20(6-4-2)21(22)23/h4,16-20H,2-3,5-15H2,1H3,(H,22,23). The molecule has 0 radical (unpaired) electrons. The minimum absolute atomic E-state index is 0.196. The van der Waals surface area contributed by atoms with Gasteiger partial charge in [-0.25, -0.2) is 0 Å². The van der Waals surface area contributed by atoms with Crippen LogP contribution in [0.4, 0.5) is 0 Å². The first-order valence-electron chi connectivity index (χ1n) is 9.99. The SMILES string of the molecule is C=CCC(C(=O)O)C1CCC(C2CCC(CCCC)CC2)CC1. The van der Waals surface area contributed by atoms with Gasteiger partial charge in [-0.2, -0.15) is 0 Å². The van der Waals surface area contributed by atoms with Gasteiger partial charge in [-0.05, 0) is 68.6 Å². The van der Waals surface area contributed by atoms with E-state index < -0.39 is 5.97 Å². The van der Waals surface area contributed by atoms with Crippen LogP contribution in [0.15, 0.2) is 12.7 Å². The van der Waals surface area contributed by atoms with E-state index in [1.807, 2.05) is 0 Å². The lowest BCUT2D eigenvalue weighted by molar-refractivity contribution is -0.144. The molecule has 2 saturated carbocycles. The molecule has 23 heavy (non-hydrogen) atoms. The number of hydrogen-bond acceptors (Lipinski definition) is 1. The topological polar surface area (TPSA) is 37.3 Å². The van der Waals surface area contributed by atoms with Crippen molar-refractivity contribution < 1.29 is 9.90 Å². The van der Waals surface area contributed by atoms with Crippen molar-refractivity contribution >= 4 is 5.97 Å². The van der Waals surface area contributed by atoms with Gasteiger partial charge in [0.05, 0.1) is 5.92 Å². The smallest absolute Gasteiger partial charge is 0.307 e. The van der Waals surface area contributed by atoms with Crippen molar-refractivity contribution in [2.75, 3.05) is 0 Å². The Bertz CT molecular complexity index is 360. The van der Waals surface area contributed by atoms with Gasteiger partial charge in [0.15, 0.2) is 0 Å². The summed E-state index contributed by atoms with van der Waals surface area (Å²) < 4.78 is 0. The Labute approximate surface area is 142 Å². The molecule has 2 nitrogen and oxygen atoms in total. The van der Waals surface area contributed by atoms with Crippen LogP contribution in [0.1, 0.15) is 84.0 Å². The van der Waals surface area contributed by atoms with E-state index in [1.165, 1.54) is 57.8 Å². The molecule has 1 N–H and O–H groups in total. The summed E-state index contributed by atoms with van der Waals surface area (Å²) in [5, 5.41) is 9.42. The molecule has 0 saturated heterocycles. The molecule has 0 aromatic heterocycles. The second-order valence-electron chi connectivity index (χ2n) is 8.07. The molecule has 2 aliphatic carbocycles. The summed E-state index contributed by atoms with van der Waals surface area (Å²) in [7, 11) is 0. The van der Waals surface area contributed by atoms with Gasteiger partial charge in [0, 0.05) is 0 Å². The van der Waals surface area contributed by atoms with Crippen LogP contribution in [0.25, 0.3) is 0 Å². The zero-order valence-corrected chi connectivity index (χ0v) is 15.0. The number of unbranched alkanes of at least 4 members (excludes halogenated alkanes) is 1. The first-order chi connectivity index (χ1) is 11.2. The molecule has 0 aromatic carbocycles. The molecule has 0 spiro atoms. The number of allylic oxidation sites excluding steroid dienone is 1. The summed E-state index contributed by atoms with van der Waals surface area (Å²) >= 11 is 0. The third kappa shape index (κ3) is 5.36. The summed E-state index contributed by atoms with van der Waals surface area (Å²) in [6, 6.07) is 0. The number of rotatable bonds is 8. The summed E-state index contributed by atoms with van der Waals surface area (Å²) in [6.07, 6.45) is 17.1. The van der Waals surface area contributed by atoms with Crippen molar-refractivity contribution in [3.63, 3.8) is 0 Å². The molecular weight excluding hydrogens is 284 g/mol. The highest BCUT2D eigenvalue weighted by Crippen LogP contribution is 2.44. The molecule has 2 heteroatoms. The molecule has 0 heterocycles. The van der Waals surface area contributed by atoms with Gasteiger partial charge >= 0.3 is 5.97 Å². The van der Waals surface area contributed by atoms with Crippen molar-refractivity contribution in [3.05, 3.63) is 12.7 Å². The van der Waals surface area contributed by atoms with Crippen LogP contribution in [-0.2, 0) is 4.79 Å². The molecule has 2 rings (SSSR count). The molecule has 132 valence electrons. The van der Waals surface area contributed by atoms with E-state index >= 15 is 0 Å². The third-order valence-corrected chi connectivity index (χ3v) is 6.65. The number of aliphatic carboxylic acids is 1. The fraction of sp³-hybridized carbons (Fsp3) is 0.857. The average molecular weight is 321 g/mol. The van der Waals surface area contributed by atoms with Crippen molar-refractivity contribution in [1.29, 1.82) is 0 Å². The summed E-state index contributed by atoms with van der Waals surface area (Å²) in [5.74, 6) is 2.35. The van der Waals surface area contributed by atoms with Gasteiger partial charge in [-0.3, -0.25) is 4.79 Å². The normalized spacial score (nSPS) is 33.1. The Morgan fingerprint density at radius 2 is 1.65 bits per heavy atom. The molecule has 2 aliphatic rings. The van der Waals surface area contributed by atoms with E-state index in [4.69, 9.17) is 0 Å². The predicted molar refractivity (Wildman–Crippen MR) is 96.4 cm³/mol. The van der Waals surface area contributed by atoms with E-state index in [0.29, 0.717) is 12.3 Å². The lowest BCUT2D eigenvalue weighted by Crippen LogP contribution is -2.30. The maximum Gasteiger partial charge on any atom is 0.307 e. The van der Waals surface area contributed by atoms with Gasteiger partial charge in [-0.15, -0.1) is 6.58 Å². The average Bonchev–Trinajstić information content (AvgIpc) is 2.58. The second-order valence-corrected chi connectivity index (χ2v) is 8.07. The maximum atomic E-state index is 11.4.